The molecule has 2 unspecified atom stereocenters. The first-order valence-corrected chi connectivity index (χ1v) is 6.13. The number of nitrogens with zero attached hydrogens (tertiary/aromatic N) is 4. The molecule has 1 N–H and O–H groups in total. The van der Waals surface area contributed by atoms with Crippen LogP contribution in [-0.4, -0.2) is 43.5 Å². The zero-order valence-electron chi connectivity index (χ0n) is 9.42. The molecule has 1 aliphatic heterocycles. The van der Waals surface area contributed by atoms with Crippen LogP contribution in [-0.2, 0) is 13.1 Å². The van der Waals surface area contributed by atoms with Gasteiger partial charge in [-0.25, -0.2) is 0 Å². The van der Waals surface area contributed by atoms with E-state index in [4.69, 9.17) is 0 Å². The molecular formula is C11H18N4O. The van der Waals surface area contributed by atoms with Gasteiger partial charge >= 0.3 is 0 Å². The maximum atomic E-state index is 10.0. The van der Waals surface area contributed by atoms with Gasteiger partial charge in [0.2, 0.25) is 0 Å². The van der Waals surface area contributed by atoms with E-state index in [0.717, 1.165) is 38.3 Å². The standard InChI is InChI=1S/C11H18N4O/c16-10-4-2-1-3-9(10)14-5-6-15-8-12-13-11(15)7-14/h8-10,16H,1-7H2. The summed E-state index contributed by atoms with van der Waals surface area (Å²) in [4.78, 5) is 2.37. The fraction of sp³-hybridized carbons (Fsp3) is 0.818. The Morgan fingerprint density at radius 2 is 2.12 bits per heavy atom. The first-order chi connectivity index (χ1) is 7.84. The van der Waals surface area contributed by atoms with Crippen LogP contribution >= 0.6 is 0 Å². The normalized spacial score (nSPS) is 31.3. The molecule has 0 spiro atoms. The second-order valence-electron chi connectivity index (χ2n) is 4.83. The quantitative estimate of drug-likeness (QED) is 0.747. The molecule has 88 valence electrons. The lowest BCUT2D eigenvalue weighted by molar-refractivity contribution is 0.00650. The summed E-state index contributed by atoms with van der Waals surface area (Å²) in [6.45, 7) is 2.79. The minimum absolute atomic E-state index is 0.150. The van der Waals surface area contributed by atoms with E-state index < -0.39 is 0 Å². The summed E-state index contributed by atoms with van der Waals surface area (Å²) in [5.41, 5.74) is 0. The van der Waals surface area contributed by atoms with Gasteiger partial charge in [0.15, 0.2) is 0 Å². The zero-order chi connectivity index (χ0) is 11.0. The van der Waals surface area contributed by atoms with Crippen molar-refractivity contribution in [1.82, 2.24) is 19.7 Å². The summed E-state index contributed by atoms with van der Waals surface area (Å²) in [6.07, 6.45) is 6.13. The van der Waals surface area contributed by atoms with Gasteiger partial charge in [0.1, 0.15) is 12.2 Å². The van der Waals surface area contributed by atoms with Crippen molar-refractivity contribution in [2.24, 2.45) is 0 Å². The first-order valence-electron chi connectivity index (χ1n) is 6.13. The van der Waals surface area contributed by atoms with E-state index in [2.05, 4.69) is 19.7 Å². The van der Waals surface area contributed by atoms with E-state index >= 15 is 0 Å². The Morgan fingerprint density at radius 1 is 1.25 bits per heavy atom. The maximum absolute atomic E-state index is 10.0. The molecule has 0 saturated heterocycles. The lowest BCUT2D eigenvalue weighted by atomic mass is 9.91. The summed E-state index contributed by atoms with van der Waals surface area (Å²) in [7, 11) is 0. The Bertz CT molecular complexity index is 365. The van der Waals surface area contributed by atoms with Crippen LogP contribution in [0.3, 0.4) is 0 Å². The van der Waals surface area contributed by atoms with Crippen LogP contribution in [0.25, 0.3) is 0 Å². The van der Waals surface area contributed by atoms with Gasteiger partial charge in [0.25, 0.3) is 0 Å². The minimum Gasteiger partial charge on any atom is -0.391 e. The molecule has 2 heterocycles. The van der Waals surface area contributed by atoms with Crippen molar-refractivity contribution in [3.8, 4) is 0 Å². The molecule has 1 aromatic heterocycles. The molecule has 16 heavy (non-hydrogen) atoms. The van der Waals surface area contributed by atoms with E-state index in [-0.39, 0.29) is 6.10 Å². The van der Waals surface area contributed by atoms with Crippen LogP contribution in [0.4, 0.5) is 0 Å². The fourth-order valence-electron chi connectivity index (χ4n) is 2.89. The summed E-state index contributed by atoms with van der Waals surface area (Å²) in [5.74, 6) is 1.03. The molecule has 0 bridgehead atoms. The van der Waals surface area contributed by atoms with Crippen molar-refractivity contribution >= 4 is 0 Å². The number of aromatic nitrogens is 3. The molecule has 1 aromatic rings. The van der Waals surface area contributed by atoms with Crippen molar-refractivity contribution in [2.45, 2.75) is 50.9 Å². The van der Waals surface area contributed by atoms with Gasteiger partial charge in [-0.2, -0.15) is 0 Å². The predicted octanol–water partition coefficient (Wildman–Crippen LogP) is 0.397. The molecule has 2 aliphatic rings. The highest BCUT2D eigenvalue weighted by Crippen LogP contribution is 2.25. The maximum Gasteiger partial charge on any atom is 0.147 e. The first kappa shape index (κ1) is 10.2. The summed E-state index contributed by atoms with van der Waals surface area (Å²) >= 11 is 0. The molecular weight excluding hydrogens is 204 g/mol. The summed E-state index contributed by atoms with van der Waals surface area (Å²) in [6, 6.07) is 0.333. The number of aliphatic hydroxyl groups is 1. The van der Waals surface area contributed by atoms with Gasteiger partial charge in [-0.05, 0) is 12.8 Å². The third-order valence-electron chi connectivity index (χ3n) is 3.83. The predicted molar refractivity (Wildman–Crippen MR) is 58.7 cm³/mol. The van der Waals surface area contributed by atoms with Gasteiger partial charge in [0.05, 0.1) is 12.6 Å². The molecule has 0 amide bonds. The van der Waals surface area contributed by atoms with Crippen molar-refractivity contribution < 1.29 is 5.11 Å². The monoisotopic (exact) mass is 222 g/mol. The second-order valence-corrected chi connectivity index (χ2v) is 4.83. The Hall–Kier alpha value is -0.940. The van der Waals surface area contributed by atoms with Crippen LogP contribution < -0.4 is 0 Å². The average Bonchev–Trinajstić information content (AvgIpc) is 2.76. The molecule has 1 fully saturated rings. The highest BCUT2D eigenvalue weighted by Gasteiger charge is 2.31. The second kappa shape index (κ2) is 4.14. The third-order valence-corrected chi connectivity index (χ3v) is 3.83. The topological polar surface area (TPSA) is 54.2 Å². The van der Waals surface area contributed by atoms with E-state index in [1.165, 1.54) is 12.8 Å². The Balaban J connectivity index is 1.72. The van der Waals surface area contributed by atoms with E-state index in [1.807, 2.05) is 0 Å². The van der Waals surface area contributed by atoms with Crippen LogP contribution in [0, 0.1) is 0 Å². The zero-order valence-corrected chi connectivity index (χ0v) is 9.42. The molecule has 0 radical (unpaired) electrons. The van der Waals surface area contributed by atoms with Crippen LogP contribution in [0.5, 0.6) is 0 Å². The van der Waals surface area contributed by atoms with E-state index in [0.29, 0.717) is 6.04 Å². The van der Waals surface area contributed by atoms with Gasteiger partial charge < -0.3 is 9.67 Å². The lowest BCUT2D eigenvalue weighted by Crippen LogP contribution is -2.48. The van der Waals surface area contributed by atoms with Gasteiger partial charge in [-0.1, -0.05) is 12.8 Å². The van der Waals surface area contributed by atoms with Crippen LogP contribution in [0.15, 0.2) is 6.33 Å². The average molecular weight is 222 g/mol. The molecule has 0 aromatic carbocycles. The molecule has 2 atom stereocenters. The molecule has 3 rings (SSSR count). The Labute approximate surface area is 95.1 Å². The lowest BCUT2D eigenvalue weighted by Gasteiger charge is -2.39. The van der Waals surface area contributed by atoms with Crippen LogP contribution in [0.1, 0.15) is 31.5 Å². The highest BCUT2D eigenvalue weighted by molar-refractivity contribution is 4.94. The fourth-order valence-corrected chi connectivity index (χ4v) is 2.89. The molecule has 5 heteroatoms. The molecule has 1 aliphatic carbocycles. The number of hydrogen-bond acceptors (Lipinski definition) is 4. The number of aliphatic hydroxyl groups excluding tert-OH is 1. The number of hydrogen-bond donors (Lipinski definition) is 1. The number of rotatable bonds is 1. The van der Waals surface area contributed by atoms with Crippen molar-refractivity contribution in [2.75, 3.05) is 6.54 Å². The van der Waals surface area contributed by atoms with E-state index in [1.54, 1.807) is 6.33 Å². The summed E-state index contributed by atoms with van der Waals surface area (Å²) in [5, 5.41) is 18.1. The minimum atomic E-state index is -0.150. The third kappa shape index (κ3) is 1.74. The largest absolute Gasteiger partial charge is 0.391 e. The van der Waals surface area contributed by atoms with Crippen molar-refractivity contribution in [3.63, 3.8) is 0 Å². The van der Waals surface area contributed by atoms with Gasteiger partial charge in [-0.15, -0.1) is 10.2 Å². The van der Waals surface area contributed by atoms with Crippen LogP contribution in [0.2, 0.25) is 0 Å². The van der Waals surface area contributed by atoms with Crippen molar-refractivity contribution in [1.29, 1.82) is 0 Å². The number of fused-ring (bicyclic) bond motifs is 1. The molecule has 5 nitrogen and oxygen atoms in total. The highest BCUT2D eigenvalue weighted by atomic mass is 16.3. The van der Waals surface area contributed by atoms with Crippen molar-refractivity contribution in [3.05, 3.63) is 12.2 Å². The van der Waals surface area contributed by atoms with Gasteiger partial charge in [-0.3, -0.25) is 4.90 Å². The Kier molecular flexibility index (Phi) is 2.65. The smallest absolute Gasteiger partial charge is 0.147 e. The SMILES string of the molecule is OC1CCCCC1N1CCn2cnnc2C1. The van der Waals surface area contributed by atoms with E-state index in [9.17, 15) is 5.11 Å². The summed E-state index contributed by atoms with van der Waals surface area (Å²) < 4.78 is 2.10. The van der Waals surface area contributed by atoms with Gasteiger partial charge in [0, 0.05) is 19.1 Å². The molecule has 1 saturated carbocycles. The Morgan fingerprint density at radius 3 is 3.00 bits per heavy atom.